The molecule has 0 spiro atoms. The van der Waals surface area contributed by atoms with Crippen molar-refractivity contribution < 1.29 is 33.6 Å². The monoisotopic (exact) mass is 589 g/mol. The standard InChI is InChI=1S/C30H24ClN3O8/c31-21-11-5-19(6-12-21)27(36)32(33-28(37)24-3-1-2-4-25(24)29(33)38)17-26(35)18-9-15-23(16-10-18)42-30(39)20-7-13-22(14-8-20)34(40)41/h5-16,24-25H,1-4,17H2/t24-,25-/m0/s1. The fourth-order valence-electron chi connectivity index (χ4n) is 5.18. The highest BCUT2D eigenvalue weighted by Crippen LogP contribution is 2.39. The van der Waals surface area contributed by atoms with Gasteiger partial charge in [0, 0.05) is 28.3 Å². The van der Waals surface area contributed by atoms with Gasteiger partial charge in [0.05, 0.1) is 22.3 Å². The van der Waals surface area contributed by atoms with Crippen LogP contribution in [-0.2, 0) is 9.59 Å². The van der Waals surface area contributed by atoms with Gasteiger partial charge in [0.15, 0.2) is 5.78 Å². The predicted octanol–water partition coefficient (Wildman–Crippen LogP) is 4.88. The maximum absolute atomic E-state index is 13.6. The minimum atomic E-state index is -0.753. The summed E-state index contributed by atoms with van der Waals surface area (Å²) in [6.45, 7) is -0.583. The van der Waals surface area contributed by atoms with Crippen molar-refractivity contribution in [3.05, 3.63) is 105 Å². The molecule has 11 nitrogen and oxygen atoms in total. The number of rotatable bonds is 8. The second-order valence-electron chi connectivity index (χ2n) is 10.00. The summed E-state index contributed by atoms with van der Waals surface area (Å²) in [4.78, 5) is 76.2. The number of nitrogens with zero attached hydrogens (tertiary/aromatic N) is 3. The molecule has 3 aromatic carbocycles. The van der Waals surface area contributed by atoms with Crippen molar-refractivity contribution in [2.75, 3.05) is 6.54 Å². The second kappa shape index (κ2) is 11.9. The van der Waals surface area contributed by atoms with Gasteiger partial charge in [-0.1, -0.05) is 24.4 Å². The van der Waals surface area contributed by atoms with Crippen molar-refractivity contribution in [3.63, 3.8) is 0 Å². The third-order valence-electron chi connectivity index (χ3n) is 7.38. The Morgan fingerprint density at radius 1 is 0.833 bits per heavy atom. The summed E-state index contributed by atoms with van der Waals surface area (Å²) in [5.74, 6) is -3.93. The number of non-ortho nitro benzene ring substituents is 1. The Morgan fingerprint density at radius 2 is 1.36 bits per heavy atom. The highest BCUT2D eigenvalue weighted by atomic mass is 35.5. The largest absolute Gasteiger partial charge is 0.423 e. The van der Waals surface area contributed by atoms with Gasteiger partial charge in [0.1, 0.15) is 12.3 Å². The SMILES string of the molecule is O=C(CN(C(=O)c1ccc(Cl)cc1)N1C(=O)[C@H]2CCCC[C@@H]2C1=O)c1ccc(OC(=O)c2ccc([N+](=O)[O-])cc2)cc1. The Morgan fingerprint density at radius 3 is 1.90 bits per heavy atom. The van der Waals surface area contributed by atoms with Gasteiger partial charge >= 0.3 is 5.97 Å². The van der Waals surface area contributed by atoms with Gasteiger partial charge in [-0.15, -0.1) is 0 Å². The molecule has 0 bridgehead atoms. The lowest BCUT2D eigenvalue weighted by Crippen LogP contribution is -2.52. The lowest BCUT2D eigenvalue weighted by Gasteiger charge is -2.30. The molecule has 3 amide bonds. The van der Waals surface area contributed by atoms with Gasteiger partial charge in [0.25, 0.3) is 23.4 Å². The first-order chi connectivity index (χ1) is 20.1. The Labute approximate surface area is 244 Å². The zero-order chi connectivity index (χ0) is 30.0. The number of carbonyl (C=O) groups excluding carboxylic acids is 5. The summed E-state index contributed by atoms with van der Waals surface area (Å²) in [6, 6.07) is 16.3. The van der Waals surface area contributed by atoms with E-state index in [4.69, 9.17) is 16.3 Å². The van der Waals surface area contributed by atoms with E-state index in [0.717, 1.165) is 22.9 Å². The van der Waals surface area contributed by atoms with Crippen molar-refractivity contribution >= 4 is 46.8 Å². The van der Waals surface area contributed by atoms with E-state index in [9.17, 15) is 34.1 Å². The van der Waals surface area contributed by atoms with Crippen LogP contribution in [0.3, 0.4) is 0 Å². The Hall–Kier alpha value is -4.90. The summed E-state index contributed by atoms with van der Waals surface area (Å²) < 4.78 is 5.29. The normalized spacial score (nSPS) is 17.9. The van der Waals surface area contributed by atoms with Crippen LogP contribution in [0.1, 0.15) is 56.8 Å². The summed E-state index contributed by atoms with van der Waals surface area (Å²) in [5, 5.41) is 12.9. The van der Waals surface area contributed by atoms with Crippen molar-refractivity contribution in [3.8, 4) is 5.75 Å². The first-order valence-electron chi connectivity index (χ1n) is 13.2. The lowest BCUT2D eigenvalue weighted by molar-refractivity contribution is -0.384. The molecule has 1 heterocycles. The number of imide groups is 1. The van der Waals surface area contributed by atoms with Crippen LogP contribution in [0.2, 0.25) is 5.02 Å². The fourth-order valence-corrected chi connectivity index (χ4v) is 5.30. The van der Waals surface area contributed by atoms with E-state index in [1.165, 1.54) is 72.8 Å². The van der Waals surface area contributed by atoms with Crippen LogP contribution >= 0.6 is 11.6 Å². The average molecular weight is 590 g/mol. The van der Waals surface area contributed by atoms with Gasteiger partial charge < -0.3 is 4.74 Å². The van der Waals surface area contributed by atoms with Gasteiger partial charge in [-0.2, -0.15) is 5.01 Å². The van der Waals surface area contributed by atoms with E-state index >= 15 is 0 Å². The van der Waals surface area contributed by atoms with Crippen LogP contribution in [0.25, 0.3) is 0 Å². The molecule has 2 aliphatic rings. The van der Waals surface area contributed by atoms with E-state index in [1.54, 1.807) is 0 Å². The number of ether oxygens (including phenoxy) is 1. The molecule has 3 aromatic rings. The number of benzene rings is 3. The van der Waals surface area contributed by atoms with E-state index in [2.05, 4.69) is 0 Å². The number of amides is 3. The predicted molar refractivity (Wildman–Crippen MR) is 149 cm³/mol. The Kier molecular flexibility index (Phi) is 8.12. The maximum Gasteiger partial charge on any atom is 0.343 e. The molecule has 12 heteroatoms. The van der Waals surface area contributed by atoms with Crippen molar-refractivity contribution in [2.24, 2.45) is 11.8 Å². The zero-order valence-electron chi connectivity index (χ0n) is 22.1. The number of hydrogen-bond acceptors (Lipinski definition) is 8. The molecule has 0 radical (unpaired) electrons. The second-order valence-corrected chi connectivity index (χ2v) is 10.4. The minimum Gasteiger partial charge on any atom is -0.423 e. The summed E-state index contributed by atoms with van der Waals surface area (Å²) in [7, 11) is 0. The van der Waals surface area contributed by atoms with Gasteiger partial charge in [-0.25, -0.2) is 9.80 Å². The molecule has 1 saturated heterocycles. The van der Waals surface area contributed by atoms with Crippen LogP contribution < -0.4 is 4.74 Å². The van der Waals surface area contributed by atoms with E-state index in [1.807, 2.05) is 0 Å². The molecular formula is C30H24ClN3O8. The number of fused-ring (bicyclic) bond motifs is 1. The number of Topliss-reactive ketones (excluding diaryl/α,β-unsaturated/α-hetero) is 1. The molecule has 0 N–H and O–H groups in total. The van der Waals surface area contributed by atoms with Gasteiger partial charge in [-0.05, 0) is 73.5 Å². The van der Waals surface area contributed by atoms with Crippen molar-refractivity contribution in [1.29, 1.82) is 0 Å². The maximum atomic E-state index is 13.6. The smallest absolute Gasteiger partial charge is 0.343 e. The fraction of sp³-hybridized carbons (Fsp3) is 0.233. The number of hydrogen-bond donors (Lipinski definition) is 0. The number of ketones is 1. The Bertz CT molecular complexity index is 1550. The number of esters is 1. The van der Waals surface area contributed by atoms with Crippen molar-refractivity contribution in [1.82, 2.24) is 10.0 Å². The number of halogens is 1. The topological polar surface area (TPSA) is 144 Å². The number of nitro benzene ring substituents is 1. The summed E-state index contributed by atoms with van der Waals surface area (Å²) in [5.41, 5.74) is 0.221. The van der Waals surface area contributed by atoms with Crippen molar-refractivity contribution in [2.45, 2.75) is 25.7 Å². The first kappa shape index (κ1) is 28.6. The van der Waals surface area contributed by atoms with Gasteiger partial charge in [-0.3, -0.25) is 29.3 Å². The number of nitro groups is 1. The molecule has 214 valence electrons. The number of hydrazine groups is 1. The highest BCUT2D eigenvalue weighted by Gasteiger charge is 2.51. The molecule has 0 aromatic heterocycles. The van der Waals surface area contributed by atoms with Crippen LogP contribution in [0.15, 0.2) is 72.8 Å². The van der Waals surface area contributed by atoms with Crippen LogP contribution in [0.5, 0.6) is 5.75 Å². The third-order valence-corrected chi connectivity index (χ3v) is 7.63. The highest BCUT2D eigenvalue weighted by molar-refractivity contribution is 6.30. The molecule has 5 rings (SSSR count). The van der Waals surface area contributed by atoms with E-state index < -0.39 is 52.8 Å². The molecule has 2 fully saturated rings. The third kappa shape index (κ3) is 5.77. The van der Waals surface area contributed by atoms with Crippen LogP contribution in [-0.4, -0.2) is 51.0 Å². The van der Waals surface area contributed by atoms with E-state index in [0.29, 0.717) is 17.9 Å². The summed E-state index contributed by atoms with van der Waals surface area (Å²) in [6.07, 6.45) is 2.70. The first-order valence-corrected chi connectivity index (χ1v) is 13.6. The molecule has 42 heavy (non-hydrogen) atoms. The molecule has 1 aliphatic heterocycles. The zero-order valence-corrected chi connectivity index (χ0v) is 22.9. The van der Waals surface area contributed by atoms with Crippen LogP contribution in [0, 0.1) is 22.0 Å². The molecule has 2 atom stereocenters. The summed E-state index contributed by atoms with van der Waals surface area (Å²) >= 11 is 5.96. The quantitative estimate of drug-likeness (QED) is 0.0902. The molecule has 1 aliphatic carbocycles. The molecule has 0 unspecified atom stereocenters. The minimum absolute atomic E-state index is 0.0950. The molecular weight excluding hydrogens is 566 g/mol. The molecule has 1 saturated carbocycles. The Balaban J connectivity index is 1.34. The number of carbonyl (C=O) groups is 5. The van der Waals surface area contributed by atoms with E-state index in [-0.39, 0.29) is 28.1 Å². The van der Waals surface area contributed by atoms with Crippen LogP contribution in [0.4, 0.5) is 5.69 Å². The lowest BCUT2D eigenvalue weighted by atomic mass is 9.81. The van der Waals surface area contributed by atoms with Gasteiger partial charge in [0.2, 0.25) is 0 Å². The average Bonchev–Trinajstić information content (AvgIpc) is 3.25.